The fourth-order valence-electron chi connectivity index (χ4n) is 3.97. The van der Waals surface area contributed by atoms with Crippen molar-refractivity contribution in [3.05, 3.63) is 101 Å². The number of piperazine rings is 1. The van der Waals surface area contributed by atoms with Crippen molar-refractivity contribution in [3.8, 4) is 0 Å². The van der Waals surface area contributed by atoms with Crippen molar-refractivity contribution in [1.29, 1.82) is 0 Å². The first-order chi connectivity index (χ1) is 14.7. The Morgan fingerprint density at radius 2 is 1.33 bits per heavy atom. The van der Waals surface area contributed by atoms with Gasteiger partial charge in [-0.3, -0.25) is 9.69 Å². The summed E-state index contributed by atoms with van der Waals surface area (Å²) in [6, 6.07) is 28.8. The van der Waals surface area contributed by atoms with Gasteiger partial charge in [-0.25, -0.2) is 0 Å². The number of anilines is 1. The standard InChI is InChI=1S/C25H26ClN3O/c26-22-11-13-23(14-12-22)27-19-24(30)28-15-17-29(18-16-28)25(20-7-3-1-4-8-20)21-9-5-2-6-10-21/h1-14,25,27H,15-19H2. The summed E-state index contributed by atoms with van der Waals surface area (Å²) in [7, 11) is 0. The Kier molecular flexibility index (Phi) is 6.67. The lowest BCUT2D eigenvalue weighted by molar-refractivity contribution is -0.131. The molecule has 1 saturated heterocycles. The number of benzene rings is 3. The van der Waals surface area contributed by atoms with E-state index in [9.17, 15) is 4.79 Å². The monoisotopic (exact) mass is 419 g/mol. The van der Waals surface area contributed by atoms with Gasteiger partial charge in [-0.2, -0.15) is 0 Å². The summed E-state index contributed by atoms with van der Waals surface area (Å²) in [4.78, 5) is 17.1. The highest BCUT2D eigenvalue weighted by Crippen LogP contribution is 2.29. The SMILES string of the molecule is O=C(CNc1ccc(Cl)cc1)N1CCN(C(c2ccccc2)c2ccccc2)CC1. The van der Waals surface area contributed by atoms with Crippen LogP contribution in [0.3, 0.4) is 0 Å². The average molecular weight is 420 g/mol. The van der Waals surface area contributed by atoms with Crippen LogP contribution in [-0.2, 0) is 4.79 Å². The molecule has 0 bridgehead atoms. The highest BCUT2D eigenvalue weighted by Gasteiger charge is 2.27. The summed E-state index contributed by atoms with van der Waals surface area (Å²) in [5.41, 5.74) is 3.47. The van der Waals surface area contributed by atoms with E-state index in [4.69, 9.17) is 11.6 Å². The summed E-state index contributed by atoms with van der Waals surface area (Å²) in [6.45, 7) is 3.46. The Balaban J connectivity index is 1.38. The van der Waals surface area contributed by atoms with Gasteiger partial charge in [-0.15, -0.1) is 0 Å². The molecule has 1 aliphatic heterocycles. The molecule has 4 nitrogen and oxygen atoms in total. The number of hydrogen-bond donors (Lipinski definition) is 1. The first kappa shape index (κ1) is 20.5. The number of nitrogens with zero attached hydrogens (tertiary/aromatic N) is 2. The molecule has 0 aliphatic carbocycles. The third kappa shape index (κ3) is 5.02. The lowest BCUT2D eigenvalue weighted by Gasteiger charge is -2.39. The first-order valence-corrected chi connectivity index (χ1v) is 10.7. The van der Waals surface area contributed by atoms with Gasteiger partial charge in [-0.1, -0.05) is 72.3 Å². The van der Waals surface area contributed by atoms with Gasteiger partial charge in [0.05, 0.1) is 12.6 Å². The Morgan fingerprint density at radius 3 is 1.87 bits per heavy atom. The molecule has 0 saturated carbocycles. The molecule has 0 radical (unpaired) electrons. The number of carbonyl (C=O) groups excluding carboxylic acids is 1. The summed E-state index contributed by atoms with van der Waals surface area (Å²) >= 11 is 5.92. The Bertz CT molecular complexity index is 900. The molecule has 154 valence electrons. The number of amides is 1. The lowest BCUT2D eigenvalue weighted by Crippen LogP contribution is -2.51. The zero-order valence-corrected chi connectivity index (χ0v) is 17.6. The molecule has 1 heterocycles. The number of halogens is 1. The number of nitrogens with one attached hydrogen (secondary N) is 1. The van der Waals surface area contributed by atoms with Gasteiger partial charge in [0.15, 0.2) is 0 Å². The van der Waals surface area contributed by atoms with E-state index in [2.05, 4.69) is 70.9 Å². The van der Waals surface area contributed by atoms with Crippen molar-refractivity contribution in [2.75, 3.05) is 38.0 Å². The Hall–Kier alpha value is -2.82. The summed E-state index contributed by atoms with van der Waals surface area (Å²) in [5.74, 6) is 0.126. The van der Waals surface area contributed by atoms with Crippen LogP contribution in [0.25, 0.3) is 0 Å². The molecule has 4 rings (SSSR count). The molecule has 0 spiro atoms. The van der Waals surface area contributed by atoms with Crippen LogP contribution < -0.4 is 5.32 Å². The molecule has 0 unspecified atom stereocenters. The summed E-state index contributed by atoms with van der Waals surface area (Å²) in [6.07, 6.45) is 0. The van der Waals surface area contributed by atoms with Gasteiger partial charge in [0.2, 0.25) is 5.91 Å². The topological polar surface area (TPSA) is 35.6 Å². The van der Waals surface area contributed by atoms with Crippen molar-refractivity contribution in [2.45, 2.75) is 6.04 Å². The molecule has 3 aromatic carbocycles. The molecule has 1 aliphatic rings. The third-order valence-electron chi connectivity index (χ3n) is 5.55. The van der Waals surface area contributed by atoms with E-state index < -0.39 is 0 Å². The van der Waals surface area contributed by atoms with Gasteiger partial charge in [0, 0.05) is 36.9 Å². The maximum Gasteiger partial charge on any atom is 0.241 e. The van der Waals surface area contributed by atoms with Crippen LogP contribution in [0.5, 0.6) is 0 Å². The lowest BCUT2D eigenvalue weighted by atomic mass is 9.96. The quantitative estimate of drug-likeness (QED) is 0.629. The van der Waals surface area contributed by atoms with E-state index in [1.54, 1.807) is 0 Å². The molecular weight excluding hydrogens is 394 g/mol. The third-order valence-corrected chi connectivity index (χ3v) is 5.80. The molecule has 1 N–H and O–H groups in total. The molecule has 30 heavy (non-hydrogen) atoms. The number of rotatable bonds is 6. The molecule has 3 aromatic rings. The highest BCUT2D eigenvalue weighted by molar-refractivity contribution is 6.30. The average Bonchev–Trinajstić information content (AvgIpc) is 2.81. The van der Waals surface area contributed by atoms with Crippen LogP contribution in [0.2, 0.25) is 5.02 Å². The smallest absolute Gasteiger partial charge is 0.241 e. The predicted octanol–water partition coefficient (Wildman–Crippen LogP) is 4.69. The fourth-order valence-corrected chi connectivity index (χ4v) is 4.10. The van der Waals surface area contributed by atoms with Gasteiger partial charge in [0.25, 0.3) is 0 Å². The molecule has 5 heteroatoms. The maximum atomic E-state index is 12.7. The summed E-state index contributed by atoms with van der Waals surface area (Å²) in [5, 5.41) is 3.88. The number of carbonyl (C=O) groups is 1. The number of hydrogen-bond acceptors (Lipinski definition) is 3. The molecule has 1 fully saturated rings. The fraction of sp³-hybridized carbons (Fsp3) is 0.240. The van der Waals surface area contributed by atoms with Gasteiger partial charge >= 0.3 is 0 Å². The second-order valence-electron chi connectivity index (χ2n) is 7.50. The Labute approximate surface area is 183 Å². The first-order valence-electron chi connectivity index (χ1n) is 10.3. The van der Waals surface area contributed by atoms with E-state index in [0.29, 0.717) is 11.6 Å². The summed E-state index contributed by atoms with van der Waals surface area (Å²) < 4.78 is 0. The minimum Gasteiger partial charge on any atom is -0.376 e. The van der Waals surface area contributed by atoms with Gasteiger partial charge < -0.3 is 10.2 Å². The van der Waals surface area contributed by atoms with Crippen LogP contribution in [0.15, 0.2) is 84.9 Å². The zero-order chi connectivity index (χ0) is 20.8. The van der Waals surface area contributed by atoms with Crippen LogP contribution in [-0.4, -0.2) is 48.4 Å². The highest BCUT2D eigenvalue weighted by atomic mass is 35.5. The van der Waals surface area contributed by atoms with E-state index in [-0.39, 0.29) is 11.9 Å². The van der Waals surface area contributed by atoms with Crippen molar-refractivity contribution >= 4 is 23.2 Å². The Morgan fingerprint density at radius 1 is 0.800 bits per heavy atom. The van der Waals surface area contributed by atoms with Crippen molar-refractivity contribution in [2.24, 2.45) is 0 Å². The van der Waals surface area contributed by atoms with Gasteiger partial charge in [0.1, 0.15) is 0 Å². The molecule has 1 amide bonds. The van der Waals surface area contributed by atoms with Crippen molar-refractivity contribution in [1.82, 2.24) is 9.80 Å². The molecular formula is C25H26ClN3O. The molecule has 0 aromatic heterocycles. The van der Waals surface area contributed by atoms with E-state index in [0.717, 1.165) is 31.9 Å². The normalized spacial score (nSPS) is 14.7. The molecule has 0 atom stereocenters. The van der Waals surface area contributed by atoms with Crippen LogP contribution in [0, 0.1) is 0 Å². The van der Waals surface area contributed by atoms with Crippen LogP contribution in [0.1, 0.15) is 17.2 Å². The predicted molar refractivity (Wildman–Crippen MR) is 123 cm³/mol. The largest absolute Gasteiger partial charge is 0.376 e. The second kappa shape index (κ2) is 9.79. The van der Waals surface area contributed by atoms with Crippen LogP contribution >= 0.6 is 11.6 Å². The van der Waals surface area contributed by atoms with E-state index in [1.807, 2.05) is 29.2 Å². The van der Waals surface area contributed by atoms with Gasteiger partial charge in [-0.05, 0) is 35.4 Å². The minimum absolute atomic E-state index is 0.126. The minimum atomic E-state index is 0.126. The maximum absolute atomic E-state index is 12.7. The zero-order valence-electron chi connectivity index (χ0n) is 16.9. The van der Waals surface area contributed by atoms with Crippen molar-refractivity contribution < 1.29 is 4.79 Å². The van der Waals surface area contributed by atoms with E-state index in [1.165, 1.54) is 11.1 Å². The van der Waals surface area contributed by atoms with E-state index >= 15 is 0 Å². The van der Waals surface area contributed by atoms with Crippen LogP contribution in [0.4, 0.5) is 5.69 Å². The second-order valence-corrected chi connectivity index (χ2v) is 7.94. The van der Waals surface area contributed by atoms with Crippen molar-refractivity contribution in [3.63, 3.8) is 0 Å².